The Morgan fingerprint density at radius 3 is 2.53 bits per heavy atom. The Kier molecular flexibility index (Phi) is 4.29. The van der Waals surface area contributed by atoms with E-state index in [1.54, 1.807) is 6.20 Å². The molecule has 0 aliphatic carbocycles. The molecule has 3 heteroatoms. The molecule has 1 amide bonds. The second kappa shape index (κ2) is 6.14. The number of hydrogen-bond donors (Lipinski definition) is 1. The van der Waals surface area contributed by atoms with Crippen LogP contribution in [0.25, 0.3) is 0 Å². The lowest BCUT2D eigenvalue weighted by atomic mass is 10.1. The van der Waals surface area contributed by atoms with Crippen molar-refractivity contribution in [3.63, 3.8) is 0 Å². The lowest BCUT2D eigenvalue weighted by molar-refractivity contribution is 0.0954. The summed E-state index contributed by atoms with van der Waals surface area (Å²) in [5, 5.41) is 2.92. The summed E-state index contributed by atoms with van der Waals surface area (Å²) in [6.07, 6.45) is 2.51. The van der Waals surface area contributed by atoms with Gasteiger partial charge in [-0.05, 0) is 38.1 Å². The topological polar surface area (TPSA) is 42.0 Å². The summed E-state index contributed by atoms with van der Waals surface area (Å²) in [7, 11) is 0. The molecule has 19 heavy (non-hydrogen) atoms. The van der Waals surface area contributed by atoms with Crippen LogP contribution in [0.4, 0.5) is 0 Å². The number of amides is 1. The molecule has 3 nitrogen and oxygen atoms in total. The normalized spacial score (nSPS) is 10.2. The maximum atomic E-state index is 12.0. The standard InChI is InChI=1S/C16H18N2O/c1-12-9-13(2)11-14(10-12)16(19)18-8-6-15-5-3-4-7-17-15/h3-5,7,9-11H,6,8H2,1-2H3,(H,18,19). The quantitative estimate of drug-likeness (QED) is 0.911. The highest BCUT2D eigenvalue weighted by atomic mass is 16.1. The van der Waals surface area contributed by atoms with Crippen LogP contribution in [0.3, 0.4) is 0 Å². The second-order valence-electron chi connectivity index (χ2n) is 4.70. The highest BCUT2D eigenvalue weighted by molar-refractivity contribution is 5.94. The van der Waals surface area contributed by atoms with Gasteiger partial charge >= 0.3 is 0 Å². The Morgan fingerprint density at radius 2 is 1.89 bits per heavy atom. The number of aryl methyl sites for hydroxylation is 2. The van der Waals surface area contributed by atoms with E-state index >= 15 is 0 Å². The van der Waals surface area contributed by atoms with Gasteiger partial charge in [-0.15, -0.1) is 0 Å². The number of nitrogens with one attached hydrogen (secondary N) is 1. The van der Waals surface area contributed by atoms with Gasteiger partial charge in [-0.3, -0.25) is 9.78 Å². The Labute approximate surface area is 113 Å². The van der Waals surface area contributed by atoms with Gasteiger partial charge in [0, 0.05) is 30.4 Å². The summed E-state index contributed by atoms with van der Waals surface area (Å²) in [5.74, 6) is -0.0252. The fourth-order valence-corrected chi connectivity index (χ4v) is 2.06. The van der Waals surface area contributed by atoms with E-state index in [4.69, 9.17) is 0 Å². The van der Waals surface area contributed by atoms with Crippen molar-refractivity contribution in [1.29, 1.82) is 0 Å². The molecule has 2 aromatic rings. The molecular formula is C16H18N2O. The third-order valence-corrected chi connectivity index (χ3v) is 2.88. The summed E-state index contributed by atoms with van der Waals surface area (Å²) in [6, 6.07) is 11.7. The monoisotopic (exact) mass is 254 g/mol. The molecule has 2 rings (SSSR count). The van der Waals surface area contributed by atoms with Crippen LogP contribution >= 0.6 is 0 Å². The van der Waals surface area contributed by atoms with Crippen molar-refractivity contribution in [2.45, 2.75) is 20.3 Å². The molecule has 0 spiro atoms. The number of carbonyl (C=O) groups excluding carboxylic acids is 1. The van der Waals surface area contributed by atoms with Crippen molar-refractivity contribution < 1.29 is 4.79 Å². The van der Waals surface area contributed by atoms with E-state index < -0.39 is 0 Å². The molecule has 1 aromatic carbocycles. The Balaban J connectivity index is 1.91. The average molecular weight is 254 g/mol. The Bertz CT molecular complexity index is 544. The number of aromatic nitrogens is 1. The van der Waals surface area contributed by atoms with Gasteiger partial charge < -0.3 is 5.32 Å². The highest BCUT2D eigenvalue weighted by Gasteiger charge is 2.06. The van der Waals surface area contributed by atoms with Crippen LogP contribution < -0.4 is 5.32 Å². The number of hydrogen-bond acceptors (Lipinski definition) is 2. The average Bonchev–Trinajstić information content (AvgIpc) is 2.38. The minimum atomic E-state index is -0.0252. The summed E-state index contributed by atoms with van der Waals surface area (Å²) in [6.45, 7) is 4.60. The summed E-state index contributed by atoms with van der Waals surface area (Å²) in [4.78, 5) is 16.2. The van der Waals surface area contributed by atoms with E-state index in [1.807, 2.05) is 44.2 Å². The smallest absolute Gasteiger partial charge is 0.251 e. The van der Waals surface area contributed by atoms with Crippen molar-refractivity contribution in [2.24, 2.45) is 0 Å². The molecule has 1 aromatic heterocycles. The van der Waals surface area contributed by atoms with Gasteiger partial charge in [0.05, 0.1) is 0 Å². The minimum absolute atomic E-state index is 0.0252. The molecular weight excluding hydrogens is 236 g/mol. The largest absolute Gasteiger partial charge is 0.352 e. The predicted octanol–water partition coefficient (Wildman–Crippen LogP) is 2.67. The zero-order valence-corrected chi connectivity index (χ0v) is 11.3. The van der Waals surface area contributed by atoms with Crippen LogP contribution in [0.1, 0.15) is 27.2 Å². The van der Waals surface area contributed by atoms with E-state index in [1.165, 1.54) is 0 Å². The molecule has 0 atom stereocenters. The molecule has 1 N–H and O–H groups in total. The number of nitrogens with zero attached hydrogens (tertiary/aromatic N) is 1. The lowest BCUT2D eigenvalue weighted by Gasteiger charge is -2.07. The molecule has 0 saturated heterocycles. The summed E-state index contributed by atoms with van der Waals surface area (Å²) < 4.78 is 0. The van der Waals surface area contributed by atoms with Crippen molar-refractivity contribution >= 4 is 5.91 Å². The van der Waals surface area contributed by atoms with E-state index in [0.29, 0.717) is 6.54 Å². The molecule has 0 bridgehead atoms. The molecule has 0 aliphatic heterocycles. The first-order valence-corrected chi connectivity index (χ1v) is 6.41. The van der Waals surface area contributed by atoms with Crippen LogP contribution in [0.5, 0.6) is 0 Å². The number of carbonyl (C=O) groups is 1. The highest BCUT2D eigenvalue weighted by Crippen LogP contribution is 2.08. The summed E-state index contributed by atoms with van der Waals surface area (Å²) >= 11 is 0. The molecule has 1 heterocycles. The zero-order chi connectivity index (χ0) is 13.7. The molecule has 0 fully saturated rings. The van der Waals surface area contributed by atoms with Crippen molar-refractivity contribution in [3.8, 4) is 0 Å². The maximum Gasteiger partial charge on any atom is 0.251 e. The Morgan fingerprint density at radius 1 is 1.16 bits per heavy atom. The van der Waals surface area contributed by atoms with E-state index in [9.17, 15) is 4.79 Å². The molecule has 0 radical (unpaired) electrons. The SMILES string of the molecule is Cc1cc(C)cc(C(=O)NCCc2ccccn2)c1. The van der Waals surface area contributed by atoms with Gasteiger partial charge in [0.1, 0.15) is 0 Å². The van der Waals surface area contributed by atoms with Gasteiger partial charge in [0.25, 0.3) is 5.91 Å². The third kappa shape index (κ3) is 3.91. The van der Waals surface area contributed by atoms with Gasteiger partial charge in [-0.2, -0.15) is 0 Å². The zero-order valence-electron chi connectivity index (χ0n) is 11.3. The van der Waals surface area contributed by atoms with Crippen LogP contribution in [-0.4, -0.2) is 17.4 Å². The Hall–Kier alpha value is -2.16. The van der Waals surface area contributed by atoms with Crippen LogP contribution in [0, 0.1) is 13.8 Å². The number of rotatable bonds is 4. The van der Waals surface area contributed by atoms with Gasteiger partial charge in [-0.1, -0.05) is 23.3 Å². The first-order chi connectivity index (χ1) is 9.15. The first kappa shape index (κ1) is 13.3. The van der Waals surface area contributed by atoms with Crippen molar-refractivity contribution in [2.75, 3.05) is 6.54 Å². The maximum absolute atomic E-state index is 12.0. The predicted molar refractivity (Wildman–Crippen MR) is 76.2 cm³/mol. The molecule has 0 saturated carbocycles. The molecule has 0 unspecified atom stereocenters. The van der Waals surface area contributed by atoms with E-state index in [2.05, 4.69) is 16.4 Å². The molecule has 0 aliphatic rings. The van der Waals surface area contributed by atoms with Crippen molar-refractivity contribution in [3.05, 3.63) is 65.0 Å². The van der Waals surface area contributed by atoms with Crippen molar-refractivity contribution in [1.82, 2.24) is 10.3 Å². The lowest BCUT2D eigenvalue weighted by Crippen LogP contribution is -2.26. The third-order valence-electron chi connectivity index (χ3n) is 2.88. The first-order valence-electron chi connectivity index (χ1n) is 6.41. The van der Waals surface area contributed by atoms with Gasteiger partial charge in [0.2, 0.25) is 0 Å². The number of pyridine rings is 1. The van der Waals surface area contributed by atoms with Crippen LogP contribution in [-0.2, 0) is 6.42 Å². The fourth-order valence-electron chi connectivity index (χ4n) is 2.06. The minimum Gasteiger partial charge on any atom is -0.352 e. The summed E-state index contributed by atoms with van der Waals surface area (Å²) in [5.41, 5.74) is 3.92. The van der Waals surface area contributed by atoms with Crippen LogP contribution in [0.2, 0.25) is 0 Å². The molecule has 98 valence electrons. The van der Waals surface area contributed by atoms with E-state index in [-0.39, 0.29) is 5.91 Å². The van der Waals surface area contributed by atoms with Gasteiger partial charge in [0.15, 0.2) is 0 Å². The fraction of sp³-hybridized carbons (Fsp3) is 0.250. The number of benzene rings is 1. The van der Waals surface area contributed by atoms with Gasteiger partial charge in [-0.25, -0.2) is 0 Å². The second-order valence-corrected chi connectivity index (χ2v) is 4.70. The van der Waals surface area contributed by atoms with E-state index in [0.717, 1.165) is 28.8 Å². The van der Waals surface area contributed by atoms with Crippen LogP contribution in [0.15, 0.2) is 42.6 Å².